The van der Waals surface area contributed by atoms with Gasteiger partial charge in [0.1, 0.15) is 5.75 Å². The smallest absolute Gasteiger partial charge is 0.225 e. The van der Waals surface area contributed by atoms with E-state index in [-0.39, 0.29) is 0 Å². The zero-order chi connectivity index (χ0) is 17.1. The highest BCUT2D eigenvalue weighted by Gasteiger charge is 2.24. The second-order valence-electron chi connectivity index (χ2n) is 5.21. The van der Waals surface area contributed by atoms with E-state index in [1.54, 1.807) is 6.07 Å². The maximum Gasteiger partial charge on any atom is 0.225 e. The van der Waals surface area contributed by atoms with Crippen LogP contribution in [-0.2, 0) is 6.42 Å². The molecule has 4 nitrogen and oxygen atoms in total. The maximum absolute atomic E-state index is 6.42. The second kappa shape index (κ2) is 7.37. The molecule has 1 aliphatic heterocycles. The van der Waals surface area contributed by atoms with Gasteiger partial charge in [0.05, 0.1) is 22.3 Å². The van der Waals surface area contributed by atoms with Gasteiger partial charge in [-0.3, -0.25) is 0 Å². The molecular formula is C17H21Cl2N3O. The van der Waals surface area contributed by atoms with Crippen molar-refractivity contribution in [1.82, 2.24) is 9.97 Å². The Morgan fingerprint density at radius 1 is 1.09 bits per heavy atom. The van der Waals surface area contributed by atoms with E-state index in [1.807, 2.05) is 45.8 Å². The molecule has 0 radical (unpaired) electrons. The summed E-state index contributed by atoms with van der Waals surface area (Å²) >= 11 is 12.6. The largest absolute Gasteiger partial charge is 0.491 e. The fraction of sp³-hybridized carbons (Fsp3) is 0.412. The average molecular weight is 354 g/mol. The Morgan fingerprint density at radius 2 is 1.78 bits per heavy atom. The van der Waals surface area contributed by atoms with Gasteiger partial charge in [-0.25, -0.2) is 9.97 Å². The van der Waals surface area contributed by atoms with Crippen molar-refractivity contribution >= 4 is 29.2 Å². The maximum atomic E-state index is 6.42. The van der Waals surface area contributed by atoms with E-state index in [0.29, 0.717) is 22.6 Å². The molecule has 2 heterocycles. The van der Waals surface area contributed by atoms with Gasteiger partial charge >= 0.3 is 0 Å². The van der Waals surface area contributed by atoms with E-state index in [4.69, 9.17) is 27.9 Å². The molecule has 6 heteroatoms. The van der Waals surface area contributed by atoms with Crippen molar-refractivity contribution in [2.45, 2.75) is 27.2 Å². The molecule has 0 aliphatic carbocycles. The Bertz CT molecular complexity index is 717. The topological polar surface area (TPSA) is 38.2 Å². The summed E-state index contributed by atoms with van der Waals surface area (Å²) in [7, 11) is 3.82. The number of hydrogen-bond donors (Lipinski definition) is 0. The zero-order valence-corrected chi connectivity index (χ0v) is 15.6. The first-order valence-corrected chi connectivity index (χ1v) is 8.40. The van der Waals surface area contributed by atoms with E-state index in [9.17, 15) is 0 Å². The van der Waals surface area contributed by atoms with Crippen molar-refractivity contribution in [3.63, 3.8) is 0 Å². The number of rotatable bonds is 2. The molecule has 0 atom stereocenters. The predicted molar refractivity (Wildman–Crippen MR) is 97.1 cm³/mol. The van der Waals surface area contributed by atoms with Crippen LogP contribution in [0, 0.1) is 6.92 Å². The van der Waals surface area contributed by atoms with E-state index < -0.39 is 0 Å². The predicted octanol–water partition coefficient (Wildman–Crippen LogP) is 4.79. The van der Waals surface area contributed by atoms with Crippen molar-refractivity contribution in [1.29, 1.82) is 0 Å². The molecule has 1 aliphatic rings. The van der Waals surface area contributed by atoms with Gasteiger partial charge in [-0.2, -0.15) is 0 Å². The Labute approximate surface area is 147 Å². The van der Waals surface area contributed by atoms with E-state index in [1.165, 1.54) is 0 Å². The van der Waals surface area contributed by atoms with Crippen molar-refractivity contribution in [3.05, 3.63) is 33.4 Å². The van der Waals surface area contributed by atoms with Gasteiger partial charge in [-0.05, 0) is 19.1 Å². The van der Waals surface area contributed by atoms with Gasteiger partial charge in [-0.1, -0.05) is 37.0 Å². The summed E-state index contributed by atoms with van der Waals surface area (Å²) in [5.41, 5.74) is 3.61. The van der Waals surface area contributed by atoms with Gasteiger partial charge in [0, 0.05) is 37.3 Å². The highest BCUT2D eigenvalue weighted by atomic mass is 35.5. The van der Waals surface area contributed by atoms with Crippen LogP contribution in [0.25, 0.3) is 11.3 Å². The molecule has 0 saturated heterocycles. The number of hydrogen-bond acceptors (Lipinski definition) is 4. The van der Waals surface area contributed by atoms with Gasteiger partial charge in [0.2, 0.25) is 5.95 Å². The Balaban J connectivity index is 0.000000924. The minimum absolute atomic E-state index is 0.551. The summed E-state index contributed by atoms with van der Waals surface area (Å²) in [5, 5.41) is 1.14. The Kier molecular flexibility index (Phi) is 5.71. The first-order chi connectivity index (χ1) is 11.0. The van der Waals surface area contributed by atoms with Crippen LogP contribution in [-0.4, -0.2) is 30.7 Å². The summed E-state index contributed by atoms with van der Waals surface area (Å²) in [4.78, 5) is 10.9. The van der Waals surface area contributed by atoms with Crippen molar-refractivity contribution in [3.8, 4) is 17.0 Å². The highest BCUT2D eigenvalue weighted by molar-refractivity contribution is 6.37. The zero-order valence-electron chi connectivity index (χ0n) is 14.1. The quantitative estimate of drug-likeness (QED) is 0.778. The molecule has 3 rings (SSSR count). The van der Waals surface area contributed by atoms with E-state index in [0.717, 1.165) is 34.7 Å². The Morgan fingerprint density at radius 3 is 2.43 bits per heavy atom. The average Bonchev–Trinajstić information content (AvgIpc) is 2.98. The SMILES string of the molecule is CC.Cc1cc(-c2c(Cl)cc(Cl)c3c2CCO3)nc(N(C)C)n1. The summed E-state index contributed by atoms with van der Waals surface area (Å²) in [6.45, 7) is 6.56. The number of benzene rings is 1. The standard InChI is InChI=1S/C15H15Cl2N3O.C2H6/c1-8-6-12(19-15(18-8)20(2)3)13-9-4-5-21-14(9)11(17)7-10(13)16;1-2/h6-7H,4-5H2,1-3H3;1-2H3. The molecule has 0 bridgehead atoms. The molecular weight excluding hydrogens is 333 g/mol. The lowest BCUT2D eigenvalue weighted by Crippen LogP contribution is -2.13. The van der Waals surface area contributed by atoms with Crippen LogP contribution >= 0.6 is 23.2 Å². The van der Waals surface area contributed by atoms with Gasteiger partial charge in [-0.15, -0.1) is 0 Å². The normalized spacial score (nSPS) is 12.1. The molecule has 0 unspecified atom stereocenters. The van der Waals surface area contributed by atoms with Crippen LogP contribution in [0.4, 0.5) is 5.95 Å². The Hall–Kier alpha value is -1.52. The summed E-state index contributed by atoms with van der Waals surface area (Å²) in [5.74, 6) is 1.38. The lowest BCUT2D eigenvalue weighted by molar-refractivity contribution is 0.357. The first-order valence-electron chi connectivity index (χ1n) is 7.64. The molecule has 0 spiro atoms. The molecule has 1 aromatic heterocycles. The van der Waals surface area contributed by atoms with E-state index in [2.05, 4.69) is 9.97 Å². The van der Waals surface area contributed by atoms with Crippen LogP contribution in [0.2, 0.25) is 10.0 Å². The number of aryl methyl sites for hydroxylation is 1. The number of halogens is 2. The highest BCUT2D eigenvalue weighted by Crippen LogP contribution is 2.44. The third kappa shape index (κ3) is 3.54. The van der Waals surface area contributed by atoms with Crippen LogP contribution in [0.15, 0.2) is 12.1 Å². The van der Waals surface area contributed by atoms with Gasteiger partial charge in [0.25, 0.3) is 0 Å². The van der Waals surface area contributed by atoms with Crippen molar-refractivity contribution in [2.24, 2.45) is 0 Å². The first kappa shape index (κ1) is 17.8. The number of aromatic nitrogens is 2. The minimum Gasteiger partial charge on any atom is -0.491 e. The molecule has 2 aromatic rings. The molecule has 0 N–H and O–H groups in total. The third-order valence-corrected chi connectivity index (χ3v) is 3.96. The molecule has 0 fully saturated rings. The fourth-order valence-electron chi connectivity index (χ4n) is 2.46. The van der Waals surface area contributed by atoms with Crippen LogP contribution in [0.5, 0.6) is 5.75 Å². The fourth-order valence-corrected chi connectivity index (χ4v) is 3.11. The summed E-state index contributed by atoms with van der Waals surface area (Å²) in [6, 6.07) is 3.65. The van der Waals surface area contributed by atoms with Crippen molar-refractivity contribution in [2.75, 3.05) is 25.6 Å². The summed E-state index contributed by atoms with van der Waals surface area (Å²) in [6.07, 6.45) is 0.783. The molecule has 1 aromatic carbocycles. The minimum atomic E-state index is 0.551. The number of anilines is 1. The lowest BCUT2D eigenvalue weighted by atomic mass is 10.0. The van der Waals surface area contributed by atoms with Gasteiger partial charge in [0.15, 0.2) is 0 Å². The molecule has 0 saturated carbocycles. The van der Waals surface area contributed by atoms with Crippen molar-refractivity contribution < 1.29 is 4.74 Å². The molecule has 0 amide bonds. The third-order valence-electron chi connectivity index (χ3n) is 3.38. The van der Waals surface area contributed by atoms with Crippen LogP contribution in [0.3, 0.4) is 0 Å². The number of ether oxygens (including phenoxy) is 1. The number of fused-ring (bicyclic) bond motifs is 1. The molecule has 124 valence electrons. The molecule has 23 heavy (non-hydrogen) atoms. The monoisotopic (exact) mass is 353 g/mol. The van der Waals surface area contributed by atoms with Crippen LogP contribution in [0.1, 0.15) is 25.1 Å². The van der Waals surface area contributed by atoms with Gasteiger partial charge < -0.3 is 9.64 Å². The van der Waals surface area contributed by atoms with Crippen LogP contribution < -0.4 is 9.64 Å². The van der Waals surface area contributed by atoms with E-state index >= 15 is 0 Å². The second-order valence-corrected chi connectivity index (χ2v) is 6.02. The number of nitrogens with zero attached hydrogens (tertiary/aromatic N) is 3. The summed E-state index contributed by atoms with van der Waals surface area (Å²) < 4.78 is 5.61. The lowest BCUT2D eigenvalue weighted by Gasteiger charge is -2.15.